The first-order valence-corrected chi connectivity index (χ1v) is 14.0. The molecule has 2 saturated heterocycles. The molecule has 1 N–H and O–H groups in total. The Hall–Kier alpha value is -3.56. The van der Waals surface area contributed by atoms with Crippen LogP contribution in [-0.2, 0) is 39.4 Å². The molecule has 4 heterocycles. The first-order chi connectivity index (χ1) is 19.0. The summed E-state index contributed by atoms with van der Waals surface area (Å²) in [6.45, 7) is 3.94. The maximum Gasteiger partial charge on any atom is 0.264 e. The number of aliphatic hydroxyl groups is 1. The molecule has 3 atom stereocenters. The Labute approximate surface area is 228 Å². The third kappa shape index (κ3) is 4.63. The number of aliphatic hydroxyl groups excluding tert-OH is 1. The van der Waals surface area contributed by atoms with Gasteiger partial charge in [0.05, 0.1) is 24.0 Å². The second kappa shape index (κ2) is 10.5. The van der Waals surface area contributed by atoms with Crippen molar-refractivity contribution in [3.63, 3.8) is 0 Å². The van der Waals surface area contributed by atoms with Crippen molar-refractivity contribution in [2.75, 3.05) is 23.0 Å². The van der Waals surface area contributed by atoms with Gasteiger partial charge in [-0.3, -0.25) is 14.3 Å². The highest BCUT2D eigenvalue weighted by Crippen LogP contribution is 2.53. The number of fused-ring (bicyclic) bond motifs is 2. The smallest absolute Gasteiger partial charge is 0.264 e. The standard InChI is InChI=1S/C30H35N5O4/c1-21-17-25(12-15-33-20-23(13-16-36)31-32-33)39-30(21)26-9-2-3-10-27(26)35(29(30)38)19-22-7-6-8-24(18-22)34-14-5-4-11-28(34)37/h2-3,6-10,18,20-21,25,36H,4-5,11-17,19H2,1H3/t21-,25+,30+/m1/s1. The Morgan fingerprint density at radius 3 is 2.85 bits per heavy atom. The van der Waals surface area contributed by atoms with Gasteiger partial charge in [-0.05, 0) is 49.4 Å². The highest BCUT2D eigenvalue weighted by Gasteiger charge is 2.59. The van der Waals surface area contributed by atoms with E-state index in [-0.39, 0.29) is 30.4 Å². The molecule has 3 aliphatic heterocycles. The zero-order valence-electron chi connectivity index (χ0n) is 22.3. The van der Waals surface area contributed by atoms with E-state index in [9.17, 15) is 9.59 Å². The lowest BCUT2D eigenvalue weighted by Crippen LogP contribution is -2.43. The molecule has 0 bridgehead atoms. The van der Waals surface area contributed by atoms with Crippen LogP contribution in [0.5, 0.6) is 0 Å². The van der Waals surface area contributed by atoms with E-state index in [2.05, 4.69) is 17.2 Å². The number of carbonyl (C=O) groups excluding carboxylic acids is 2. The summed E-state index contributed by atoms with van der Waals surface area (Å²) in [5.41, 5.74) is 3.45. The molecule has 39 heavy (non-hydrogen) atoms. The number of anilines is 2. The summed E-state index contributed by atoms with van der Waals surface area (Å²) < 4.78 is 8.47. The fourth-order valence-corrected chi connectivity index (χ4v) is 6.40. The second-order valence-corrected chi connectivity index (χ2v) is 10.9. The van der Waals surface area contributed by atoms with Crippen LogP contribution in [0, 0.1) is 5.92 Å². The number of nitrogens with zero attached hydrogens (tertiary/aromatic N) is 5. The molecule has 1 spiro atoms. The van der Waals surface area contributed by atoms with Crippen LogP contribution in [0.2, 0.25) is 0 Å². The Kier molecular flexibility index (Phi) is 6.95. The number of benzene rings is 2. The minimum atomic E-state index is -1.01. The Balaban J connectivity index is 1.22. The van der Waals surface area contributed by atoms with E-state index in [1.54, 1.807) is 4.68 Å². The molecule has 6 rings (SSSR count). The van der Waals surface area contributed by atoms with Crippen molar-refractivity contribution in [1.82, 2.24) is 15.0 Å². The number of aromatic nitrogens is 3. The van der Waals surface area contributed by atoms with Gasteiger partial charge in [0.25, 0.3) is 5.91 Å². The monoisotopic (exact) mass is 529 g/mol. The van der Waals surface area contributed by atoms with E-state index in [1.165, 1.54) is 0 Å². The van der Waals surface area contributed by atoms with Gasteiger partial charge in [-0.1, -0.05) is 42.5 Å². The van der Waals surface area contributed by atoms with Crippen LogP contribution >= 0.6 is 0 Å². The van der Waals surface area contributed by atoms with Gasteiger partial charge in [0.1, 0.15) is 0 Å². The van der Waals surface area contributed by atoms with Crippen LogP contribution in [-0.4, -0.2) is 51.2 Å². The number of rotatable bonds is 8. The fourth-order valence-electron chi connectivity index (χ4n) is 6.40. The van der Waals surface area contributed by atoms with E-state index in [4.69, 9.17) is 9.84 Å². The number of hydrogen-bond acceptors (Lipinski definition) is 6. The maximum absolute atomic E-state index is 14.2. The molecule has 2 amide bonds. The molecule has 0 radical (unpaired) electrons. The van der Waals surface area contributed by atoms with Crippen molar-refractivity contribution >= 4 is 23.2 Å². The maximum atomic E-state index is 14.2. The summed E-state index contributed by atoms with van der Waals surface area (Å²) >= 11 is 0. The van der Waals surface area contributed by atoms with Crippen molar-refractivity contribution in [2.45, 2.75) is 70.2 Å². The van der Waals surface area contributed by atoms with Gasteiger partial charge in [-0.15, -0.1) is 5.10 Å². The highest BCUT2D eigenvalue weighted by atomic mass is 16.5. The molecule has 0 aliphatic carbocycles. The lowest BCUT2D eigenvalue weighted by atomic mass is 9.83. The van der Waals surface area contributed by atoms with E-state index < -0.39 is 5.60 Å². The van der Waals surface area contributed by atoms with E-state index in [0.29, 0.717) is 25.9 Å². The molecule has 2 aromatic carbocycles. The molecule has 0 saturated carbocycles. The van der Waals surface area contributed by atoms with Crippen molar-refractivity contribution in [2.24, 2.45) is 5.92 Å². The van der Waals surface area contributed by atoms with Crippen LogP contribution in [0.4, 0.5) is 11.4 Å². The quantitative estimate of drug-likeness (QED) is 0.479. The third-order valence-electron chi connectivity index (χ3n) is 8.34. The topological polar surface area (TPSA) is 101 Å². The molecule has 2 fully saturated rings. The normalized spacial score (nSPS) is 24.7. The molecular formula is C30H35N5O4. The van der Waals surface area contributed by atoms with E-state index >= 15 is 0 Å². The lowest BCUT2D eigenvalue weighted by Gasteiger charge is -2.29. The van der Waals surface area contributed by atoms with Crippen LogP contribution in [0.25, 0.3) is 0 Å². The van der Waals surface area contributed by atoms with Crippen molar-refractivity contribution in [3.8, 4) is 0 Å². The van der Waals surface area contributed by atoms with E-state index in [1.807, 2.05) is 64.5 Å². The predicted octanol–water partition coefficient (Wildman–Crippen LogP) is 3.59. The number of aryl methyl sites for hydroxylation is 1. The molecule has 0 unspecified atom stereocenters. The van der Waals surface area contributed by atoms with Crippen molar-refractivity contribution in [3.05, 3.63) is 71.5 Å². The zero-order chi connectivity index (χ0) is 27.0. The molecular weight excluding hydrogens is 494 g/mol. The number of para-hydroxylation sites is 1. The van der Waals surface area contributed by atoms with Gasteiger partial charge < -0.3 is 19.6 Å². The van der Waals surface area contributed by atoms with Crippen molar-refractivity contribution in [1.29, 1.82) is 0 Å². The first-order valence-electron chi connectivity index (χ1n) is 14.0. The molecule has 3 aromatic rings. The van der Waals surface area contributed by atoms with Crippen LogP contribution in [0.15, 0.2) is 54.7 Å². The van der Waals surface area contributed by atoms with Crippen LogP contribution < -0.4 is 9.80 Å². The number of amides is 2. The predicted molar refractivity (Wildman–Crippen MR) is 146 cm³/mol. The van der Waals surface area contributed by atoms with Gasteiger partial charge in [-0.25, -0.2) is 0 Å². The number of hydrogen-bond donors (Lipinski definition) is 1. The SMILES string of the molecule is C[C@@H]1C[C@H](CCn2cc(CCO)nn2)O[C@@]12C(=O)N(Cc1cccc(N3CCCCC3=O)c1)c1ccccc12. The highest BCUT2D eigenvalue weighted by molar-refractivity contribution is 6.07. The minimum Gasteiger partial charge on any atom is -0.396 e. The Morgan fingerprint density at radius 1 is 1.13 bits per heavy atom. The first kappa shape index (κ1) is 25.7. The summed E-state index contributed by atoms with van der Waals surface area (Å²) in [5, 5.41) is 17.4. The van der Waals surface area contributed by atoms with Crippen LogP contribution in [0.1, 0.15) is 55.8 Å². The molecule has 1 aromatic heterocycles. The average molecular weight is 530 g/mol. The van der Waals surface area contributed by atoms with Crippen molar-refractivity contribution < 1.29 is 19.4 Å². The summed E-state index contributed by atoms with van der Waals surface area (Å²) in [6, 6.07) is 16.0. The lowest BCUT2D eigenvalue weighted by molar-refractivity contribution is -0.146. The minimum absolute atomic E-state index is 0.0131. The molecule has 204 valence electrons. The summed E-state index contributed by atoms with van der Waals surface area (Å²) in [5.74, 6) is 0.151. The number of ether oxygens (including phenoxy) is 1. The Bertz CT molecular complexity index is 1370. The van der Waals surface area contributed by atoms with Gasteiger partial charge in [0.15, 0.2) is 5.60 Å². The van der Waals surface area contributed by atoms with Gasteiger partial charge >= 0.3 is 0 Å². The van der Waals surface area contributed by atoms with Gasteiger partial charge in [-0.2, -0.15) is 0 Å². The summed E-state index contributed by atoms with van der Waals surface area (Å²) in [7, 11) is 0. The third-order valence-corrected chi connectivity index (χ3v) is 8.34. The van der Waals surface area contributed by atoms with Gasteiger partial charge in [0, 0.05) is 55.9 Å². The molecule has 9 heteroatoms. The summed E-state index contributed by atoms with van der Waals surface area (Å²) in [6.07, 6.45) is 6.28. The Morgan fingerprint density at radius 2 is 2.00 bits per heavy atom. The largest absolute Gasteiger partial charge is 0.396 e. The molecule has 3 aliphatic rings. The fraction of sp³-hybridized carbons (Fsp3) is 0.467. The van der Waals surface area contributed by atoms with Crippen LogP contribution in [0.3, 0.4) is 0 Å². The molecule has 9 nitrogen and oxygen atoms in total. The number of carbonyl (C=O) groups is 2. The second-order valence-electron chi connectivity index (χ2n) is 10.9. The average Bonchev–Trinajstić information content (AvgIpc) is 3.60. The number of piperidine rings is 1. The van der Waals surface area contributed by atoms with E-state index in [0.717, 1.165) is 60.4 Å². The summed E-state index contributed by atoms with van der Waals surface area (Å²) in [4.78, 5) is 30.4. The zero-order valence-corrected chi connectivity index (χ0v) is 22.3. The van der Waals surface area contributed by atoms with Gasteiger partial charge in [0.2, 0.25) is 5.91 Å².